The third kappa shape index (κ3) is 4.92. The molecule has 8 heteroatoms. The maximum atomic E-state index is 13.0. The lowest BCUT2D eigenvalue weighted by atomic mass is 10.0. The van der Waals surface area contributed by atoms with Gasteiger partial charge in [0.15, 0.2) is 0 Å². The van der Waals surface area contributed by atoms with Crippen molar-refractivity contribution in [1.82, 2.24) is 4.31 Å². The predicted octanol–water partition coefficient (Wildman–Crippen LogP) is 4.51. The molecule has 3 rings (SSSR count). The number of amides is 1. The predicted molar refractivity (Wildman–Crippen MR) is 122 cm³/mol. The number of ether oxygens (including phenoxy) is 1. The molecule has 2 aromatic carbocycles. The fourth-order valence-corrected chi connectivity index (χ4v) is 6.06. The summed E-state index contributed by atoms with van der Waals surface area (Å²) in [6.07, 6.45) is 3.68. The fourth-order valence-electron chi connectivity index (χ4n) is 3.55. The zero-order chi connectivity index (χ0) is 21.0. The number of carbonyl (C=O) groups excluding carboxylic acids is 1. The van der Waals surface area contributed by atoms with E-state index < -0.39 is 10.0 Å². The molecule has 1 heterocycles. The summed E-state index contributed by atoms with van der Waals surface area (Å²) < 4.78 is 33.7. The van der Waals surface area contributed by atoms with Crippen LogP contribution in [-0.4, -0.2) is 38.3 Å². The molecular formula is C21H25IN2O4S. The van der Waals surface area contributed by atoms with Crippen LogP contribution in [0.2, 0.25) is 0 Å². The van der Waals surface area contributed by atoms with Crippen molar-refractivity contribution in [2.24, 2.45) is 0 Å². The number of halogens is 1. The van der Waals surface area contributed by atoms with Crippen molar-refractivity contribution in [3.63, 3.8) is 0 Å². The highest BCUT2D eigenvalue weighted by molar-refractivity contribution is 14.1. The maximum Gasteiger partial charge on any atom is 0.255 e. The first-order valence-electron chi connectivity index (χ1n) is 9.63. The number of hydrogen-bond acceptors (Lipinski definition) is 4. The van der Waals surface area contributed by atoms with Gasteiger partial charge in [-0.15, -0.1) is 0 Å². The normalized spacial score (nSPS) is 17.7. The minimum absolute atomic E-state index is 0.0608. The van der Waals surface area contributed by atoms with Gasteiger partial charge in [0.05, 0.1) is 15.6 Å². The van der Waals surface area contributed by atoms with Crippen molar-refractivity contribution in [2.45, 2.75) is 43.5 Å². The summed E-state index contributed by atoms with van der Waals surface area (Å²) in [4.78, 5) is 12.8. The lowest BCUT2D eigenvalue weighted by molar-refractivity contribution is 0.102. The van der Waals surface area contributed by atoms with Crippen LogP contribution in [0.5, 0.6) is 5.75 Å². The Labute approximate surface area is 185 Å². The van der Waals surface area contributed by atoms with Crippen LogP contribution in [0.3, 0.4) is 0 Å². The molecule has 0 saturated carbocycles. The molecule has 1 aliphatic heterocycles. The molecule has 1 atom stereocenters. The van der Waals surface area contributed by atoms with Crippen molar-refractivity contribution >= 4 is 44.2 Å². The molecule has 0 bridgehead atoms. The monoisotopic (exact) mass is 528 g/mol. The summed E-state index contributed by atoms with van der Waals surface area (Å²) in [5.41, 5.74) is 1.05. The lowest BCUT2D eigenvalue weighted by Gasteiger charge is -2.34. The Morgan fingerprint density at radius 3 is 2.55 bits per heavy atom. The van der Waals surface area contributed by atoms with E-state index in [9.17, 15) is 13.2 Å². The van der Waals surface area contributed by atoms with Gasteiger partial charge in [-0.1, -0.05) is 13.3 Å². The molecule has 6 nitrogen and oxygen atoms in total. The second-order valence-corrected chi connectivity index (χ2v) is 10.1. The summed E-state index contributed by atoms with van der Waals surface area (Å²) in [5, 5.41) is 2.81. The number of benzene rings is 2. The van der Waals surface area contributed by atoms with Crippen LogP contribution >= 0.6 is 22.6 Å². The third-order valence-electron chi connectivity index (χ3n) is 5.18. The topological polar surface area (TPSA) is 75.7 Å². The van der Waals surface area contributed by atoms with Gasteiger partial charge >= 0.3 is 0 Å². The van der Waals surface area contributed by atoms with Gasteiger partial charge < -0.3 is 10.1 Å². The summed E-state index contributed by atoms with van der Waals surface area (Å²) in [6, 6.07) is 11.6. The van der Waals surface area contributed by atoms with Gasteiger partial charge in [0.2, 0.25) is 10.0 Å². The van der Waals surface area contributed by atoms with Crippen LogP contribution in [0.15, 0.2) is 47.4 Å². The Morgan fingerprint density at radius 2 is 1.93 bits per heavy atom. The first-order valence-corrected chi connectivity index (χ1v) is 12.2. The van der Waals surface area contributed by atoms with E-state index in [-0.39, 0.29) is 16.8 Å². The summed E-state index contributed by atoms with van der Waals surface area (Å²) in [7, 11) is -1.95. The number of sulfonamides is 1. The van der Waals surface area contributed by atoms with Crippen LogP contribution < -0.4 is 10.1 Å². The Balaban J connectivity index is 1.74. The van der Waals surface area contributed by atoms with Crippen LogP contribution in [-0.2, 0) is 10.0 Å². The Kier molecular flexibility index (Phi) is 7.18. The highest BCUT2D eigenvalue weighted by Crippen LogP contribution is 2.28. The molecule has 2 aromatic rings. The molecule has 1 amide bonds. The van der Waals surface area contributed by atoms with Gasteiger partial charge in [-0.05, 0) is 84.3 Å². The smallest absolute Gasteiger partial charge is 0.255 e. The Morgan fingerprint density at radius 1 is 1.21 bits per heavy atom. The van der Waals surface area contributed by atoms with Crippen LogP contribution in [0.4, 0.5) is 5.69 Å². The molecule has 0 unspecified atom stereocenters. The van der Waals surface area contributed by atoms with E-state index in [0.29, 0.717) is 23.5 Å². The van der Waals surface area contributed by atoms with E-state index >= 15 is 0 Å². The quantitative estimate of drug-likeness (QED) is 0.561. The third-order valence-corrected chi connectivity index (χ3v) is 7.99. The van der Waals surface area contributed by atoms with E-state index in [2.05, 4.69) is 27.9 Å². The number of carbonyl (C=O) groups is 1. The van der Waals surface area contributed by atoms with Gasteiger partial charge in [-0.25, -0.2) is 8.42 Å². The van der Waals surface area contributed by atoms with E-state index in [4.69, 9.17) is 4.74 Å². The number of piperidine rings is 1. The largest absolute Gasteiger partial charge is 0.496 e. The zero-order valence-electron chi connectivity index (χ0n) is 16.5. The molecule has 0 aromatic heterocycles. The molecular weight excluding hydrogens is 503 g/mol. The molecule has 0 aliphatic carbocycles. The molecule has 1 N–H and O–H groups in total. The van der Waals surface area contributed by atoms with E-state index in [1.165, 1.54) is 0 Å². The van der Waals surface area contributed by atoms with Gasteiger partial charge in [0.1, 0.15) is 5.75 Å². The second kappa shape index (κ2) is 9.44. The average molecular weight is 528 g/mol. The molecule has 1 aliphatic rings. The number of nitrogens with one attached hydrogen (secondary N) is 1. The Hall–Kier alpha value is -1.65. The molecule has 156 valence electrons. The first kappa shape index (κ1) is 22.0. The number of hydrogen-bond donors (Lipinski definition) is 1. The number of methoxy groups -OCH3 is 1. The van der Waals surface area contributed by atoms with Crippen LogP contribution in [0.25, 0.3) is 0 Å². The first-order chi connectivity index (χ1) is 13.9. The van der Waals surface area contributed by atoms with Crippen molar-refractivity contribution in [1.29, 1.82) is 0 Å². The van der Waals surface area contributed by atoms with Crippen molar-refractivity contribution in [3.8, 4) is 5.75 Å². The van der Waals surface area contributed by atoms with E-state index in [1.807, 2.05) is 6.92 Å². The van der Waals surface area contributed by atoms with Crippen LogP contribution in [0, 0.1) is 3.57 Å². The number of nitrogens with zero attached hydrogens (tertiary/aromatic N) is 1. The average Bonchev–Trinajstić information content (AvgIpc) is 2.74. The van der Waals surface area contributed by atoms with Gasteiger partial charge in [0.25, 0.3) is 5.91 Å². The second-order valence-electron chi connectivity index (χ2n) is 7.00. The van der Waals surface area contributed by atoms with Crippen LogP contribution in [0.1, 0.15) is 43.0 Å². The summed E-state index contributed by atoms with van der Waals surface area (Å²) in [6.45, 7) is 2.59. The number of rotatable bonds is 6. The highest BCUT2D eigenvalue weighted by Gasteiger charge is 2.32. The molecule has 1 fully saturated rings. The minimum atomic E-state index is -3.53. The zero-order valence-corrected chi connectivity index (χ0v) is 19.5. The molecule has 0 spiro atoms. The highest BCUT2D eigenvalue weighted by atomic mass is 127. The van der Waals surface area contributed by atoms with Gasteiger partial charge in [-0.3, -0.25) is 4.79 Å². The summed E-state index contributed by atoms with van der Waals surface area (Å²) >= 11 is 2.11. The van der Waals surface area contributed by atoms with Gasteiger partial charge in [0, 0.05) is 23.8 Å². The Bertz CT molecular complexity index is 977. The van der Waals surface area contributed by atoms with Gasteiger partial charge in [-0.2, -0.15) is 4.31 Å². The van der Waals surface area contributed by atoms with E-state index in [1.54, 1.807) is 53.9 Å². The minimum Gasteiger partial charge on any atom is -0.496 e. The number of anilines is 1. The molecule has 1 saturated heterocycles. The van der Waals surface area contributed by atoms with Crippen molar-refractivity contribution in [3.05, 3.63) is 51.6 Å². The maximum absolute atomic E-state index is 13.0. The van der Waals surface area contributed by atoms with Crippen molar-refractivity contribution in [2.75, 3.05) is 19.0 Å². The molecule has 0 radical (unpaired) electrons. The standard InChI is InChI=1S/C21H25IN2O4S/c1-3-17-6-4-5-13-24(17)29(26,27)18-10-8-16(9-11-18)23-21(25)15-7-12-20(28-2)19(22)14-15/h7-12,14,17H,3-6,13H2,1-2H3,(H,23,25)/t17-/m0/s1. The summed E-state index contributed by atoms with van der Waals surface area (Å²) in [5.74, 6) is 0.447. The lowest BCUT2D eigenvalue weighted by Crippen LogP contribution is -2.43. The van der Waals surface area contributed by atoms with E-state index in [0.717, 1.165) is 29.3 Å². The molecule has 29 heavy (non-hydrogen) atoms. The fraction of sp³-hybridized carbons (Fsp3) is 0.381. The SMILES string of the molecule is CC[C@H]1CCCCN1S(=O)(=O)c1ccc(NC(=O)c2ccc(OC)c(I)c2)cc1. The van der Waals surface area contributed by atoms with Crippen molar-refractivity contribution < 1.29 is 17.9 Å².